The average molecular weight is 359 g/mol. The number of carbonyl (C=O) groups is 1. The van der Waals surface area contributed by atoms with Crippen LogP contribution in [0.15, 0.2) is 18.2 Å². The summed E-state index contributed by atoms with van der Waals surface area (Å²) >= 11 is 11.9. The number of carbonyl (C=O) groups excluding carboxylic acids is 1. The molecular formula is C17H24Cl2N2O2. The Labute approximate surface area is 147 Å². The van der Waals surface area contributed by atoms with Gasteiger partial charge in [0.2, 0.25) is 5.91 Å². The summed E-state index contributed by atoms with van der Waals surface area (Å²) in [4.78, 5) is 14.0. The first-order valence-corrected chi connectivity index (χ1v) is 8.86. The van der Waals surface area contributed by atoms with E-state index in [1.807, 2.05) is 24.0 Å². The number of hydrogen-bond acceptors (Lipinski definition) is 3. The van der Waals surface area contributed by atoms with Gasteiger partial charge < -0.3 is 15.4 Å². The van der Waals surface area contributed by atoms with Gasteiger partial charge in [0.05, 0.1) is 28.8 Å². The highest BCUT2D eigenvalue weighted by atomic mass is 35.5. The molecule has 1 saturated heterocycles. The van der Waals surface area contributed by atoms with E-state index < -0.39 is 0 Å². The number of halogens is 2. The van der Waals surface area contributed by atoms with Gasteiger partial charge in [0.1, 0.15) is 0 Å². The molecule has 1 aliphatic rings. The smallest absolute Gasteiger partial charge is 0.239 e. The van der Waals surface area contributed by atoms with Crippen LogP contribution in [0.5, 0.6) is 0 Å². The van der Waals surface area contributed by atoms with Crippen LogP contribution in [0.3, 0.4) is 0 Å². The number of rotatable bonds is 6. The number of hydrogen-bond donors (Lipinski definition) is 1. The Balaban J connectivity index is 1.76. The van der Waals surface area contributed by atoms with Gasteiger partial charge >= 0.3 is 0 Å². The van der Waals surface area contributed by atoms with E-state index in [1.54, 1.807) is 6.07 Å². The normalized spacial score (nSPS) is 17.3. The third-order valence-electron chi connectivity index (χ3n) is 4.14. The summed E-state index contributed by atoms with van der Waals surface area (Å²) < 4.78 is 5.93. The van der Waals surface area contributed by atoms with Gasteiger partial charge in [-0.15, -0.1) is 0 Å². The van der Waals surface area contributed by atoms with E-state index in [-0.39, 0.29) is 18.1 Å². The summed E-state index contributed by atoms with van der Waals surface area (Å²) in [5.74, 6) is 0.0646. The van der Waals surface area contributed by atoms with Gasteiger partial charge in [0, 0.05) is 13.1 Å². The second-order valence-corrected chi connectivity index (χ2v) is 6.79. The molecule has 1 fully saturated rings. The van der Waals surface area contributed by atoms with Gasteiger partial charge in [-0.05, 0) is 37.0 Å². The van der Waals surface area contributed by atoms with Gasteiger partial charge in [0.15, 0.2) is 0 Å². The fourth-order valence-electron chi connectivity index (χ4n) is 2.76. The zero-order valence-electron chi connectivity index (χ0n) is 13.4. The maximum absolute atomic E-state index is 12.2. The van der Waals surface area contributed by atoms with Crippen LogP contribution < -0.4 is 5.73 Å². The minimum Gasteiger partial charge on any atom is -0.373 e. The van der Waals surface area contributed by atoms with Crippen molar-refractivity contribution in [2.45, 2.75) is 51.4 Å². The average Bonchev–Trinajstić information content (AvgIpc) is 2.56. The largest absolute Gasteiger partial charge is 0.373 e. The number of ether oxygens (including phenoxy) is 1. The molecule has 1 heterocycles. The summed E-state index contributed by atoms with van der Waals surface area (Å²) in [7, 11) is 0. The highest BCUT2D eigenvalue weighted by molar-refractivity contribution is 6.42. The fraction of sp³-hybridized carbons (Fsp3) is 0.588. The summed E-state index contributed by atoms with van der Waals surface area (Å²) in [6, 6.07) is 5.15. The standard InChI is InChI=1S/C17H24Cl2N2O2/c1-2-3-16(20)17(22)21-8-6-13(7-9-21)23-11-12-4-5-14(18)15(19)10-12/h4-5,10,13,16H,2-3,6-9,11,20H2,1H3. The molecule has 23 heavy (non-hydrogen) atoms. The summed E-state index contributed by atoms with van der Waals surface area (Å²) in [6.07, 6.45) is 3.51. The van der Waals surface area contributed by atoms with Crippen LogP contribution in [0, 0.1) is 0 Å². The maximum atomic E-state index is 12.2. The maximum Gasteiger partial charge on any atom is 0.239 e. The molecule has 6 heteroatoms. The van der Waals surface area contributed by atoms with Crippen molar-refractivity contribution in [2.75, 3.05) is 13.1 Å². The van der Waals surface area contributed by atoms with E-state index in [0.29, 0.717) is 29.7 Å². The van der Waals surface area contributed by atoms with Crippen LogP contribution in [0.2, 0.25) is 10.0 Å². The third kappa shape index (κ3) is 5.35. The van der Waals surface area contributed by atoms with Crippen LogP contribution in [-0.4, -0.2) is 36.0 Å². The van der Waals surface area contributed by atoms with Gasteiger partial charge in [-0.1, -0.05) is 42.6 Å². The SMILES string of the molecule is CCCC(N)C(=O)N1CCC(OCc2ccc(Cl)c(Cl)c2)CC1. The Hall–Kier alpha value is -0.810. The van der Waals surface area contributed by atoms with E-state index in [1.165, 1.54) is 0 Å². The Bertz CT molecular complexity index is 531. The van der Waals surface area contributed by atoms with Crippen LogP contribution in [0.1, 0.15) is 38.2 Å². The Kier molecular flexibility index (Phi) is 7.15. The Morgan fingerprint density at radius 2 is 2.04 bits per heavy atom. The third-order valence-corrected chi connectivity index (χ3v) is 4.88. The number of benzene rings is 1. The summed E-state index contributed by atoms with van der Waals surface area (Å²) in [5, 5.41) is 1.09. The monoisotopic (exact) mass is 358 g/mol. The lowest BCUT2D eigenvalue weighted by molar-refractivity contribution is -0.135. The first-order chi connectivity index (χ1) is 11.0. The van der Waals surface area contributed by atoms with Crippen molar-refractivity contribution in [3.63, 3.8) is 0 Å². The van der Waals surface area contributed by atoms with E-state index in [2.05, 4.69) is 0 Å². The first kappa shape index (κ1) is 18.5. The second kappa shape index (κ2) is 8.88. The van der Waals surface area contributed by atoms with E-state index in [0.717, 1.165) is 31.2 Å². The minimum atomic E-state index is -0.367. The molecule has 0 radical (unpaired) electrons. The van der Waals surface area contributed by atoms with Crippen molar-refractivity contribution in [1.82, 2.24) is 4.90 Å². The number of piperidine rings is 1. The number of amides is 1. The van der Waals surface area contributed by atoms with Crippen LogP contribution in [-0.2, 0) is 16.1 Å². The number of nitrogens with two attached hydrogens (primary N) is 1. The molecule has 1 atom stereocenters. The van der Waals surface area contributed by atoms with Crippen LogP contribution in [0.25, 0.3) is 0 Å². The van der Waals surface area contributed by atoms with Gasteiger partial charge in [0.25, 0.3) is 0 Å². The van der Waals surface area contributed by atoms with E-state index in [4.69, 9.17) is 33.7 Å². The molecule has 2 N–H and O–H groups in total. The quantitative estimate of drug-likeness (QED) is 0.844. The van der Waals surface area contributed by atoms with Crippen molar-refractivity contribution < 1.29 is 9.53 Å². The molecule has 1 aliphatic heterocycles. The summed E-state index contributed by atoms with van der Waals surface area (Å²) in [5.41, 5.74) is 6.91. The van der Waals surface area contributed by atoms with Gasteiger partial charge in [-0.2, -0.15) is 0 Å². The first-order valence-electron chi connectivity index (χ1n) is 8.11. The molecule has 128 valence electrons. The molecule has 1 aromatic carbocycles. The predicted octanol–water partition coefficient (Wildman–Crippen LogP) is 3.63. The number of nitrogens with zero attached hydrogens (tertiary/aromatic N) is 1. The molecule has 4 nitrogen and oxygen atoms in total. The number of likely N-dealkylation sites (tertiary alicyclic amines) is 1. The van der Waals surface area contributed by atoms with Crippen molar-refractivity contribution >= 4 is 29.1 Å². The van der Waals surface area contributed by atoms with Crippen molar-refractivity contribution in [1.29, 1.82) is 0 Å². The molecule has 0 saturated carbocycles. The molecule has 0 aliphatic carbocycles. The van der Waals surface area contributed by atoms with Gasteiger partial charge in [-0.25, -0.2) is 0 Å². The highest BCUT2D eigenvalue weighted by Gasteiger charge is 2.26. The second-order valence-electron chi connectivity index (χ2n) is 5.98. The molecule has 0 aromatic heterocycles. The summed E-state index contributed by atoms with van der Waals surface area (Å²) in [6.45, 7) is 3.96. The van der Waals surface area contributed by atoms with E-state index in [9.17, 15) is 4.79 Å². The molecule has 1 unspecified atom stereocenters. The molecular weight excluding hydrogens is 335 g/mol. The van der Waals surface area contributed by atoms with Gasteiger partial charge in [-0.3, -0.25) is 4.79 Å². The molecule has 1 amide bonds. The van der Waals surface area contributed by atoms with Crippen molar-refractivity contribution in [2.24, 2.45) is 5.73 Å². The lowest BCUT2D eigenvalue weighted by Gasteiger charge is -2.33. The molecule has 2 rings (SSSR count). The lowest BCUT2D eigenvalue weighted by Crippen LogP contribution is -2.48. The predicted molar refractivity (Wildman–Crippen MR) is 93.7 cm³/mol. The van der Waals surface area contributed by atoms with Crippen LogP contribution >= 0.6 is 23.2 Å². The molecule has 0 bridgehead atoms. The topological polar surface area (TPSA) is 55.6 Å². The Morgan fingerprint density at radius 3 is 2.65 bits per heavy atom. The fourth-order valence-corrected chi connectivity index (χ4v) is 3.08. The van der Waals surface area contributed by atoms with Crippen molar-refractivity contribution in [3.05, 3.63) is 33.8 Å². The van der Waals surface area contributed by atoms with Crippen molar-refractivity contribution in [3.8, 4) is 0 Å². The minimum absolute atomic E-state index is 0.0646. The highest BCUT2D eigenvalue weighted by Crippen LogP contribution is 2.24. The Morgan fingerprint density at radius 1 is 1.35 bits per heavy atom. The molecule has 0 spiro atoms. The molecule has 1 aromatic rings. The van der Waals surface area contributed by atoms with E-state index >= 15 is 0 Å². The lowest BCUT2D eigenvalue weighted by atomic mass is 10.1. The zero-order valence-corrected chi connectivity index (χ0v) is 14.9. The zero-order chi connectivity index (χ0) is 16.8. The van der Waals surface area contributed by atoms with Crippen LogP contribution in [0.4, 0.5) is 0 Å².